The Balaban J connectivity index is 1.40. The molecule has 2 aliphatic heterocycles. The number of hydrogen-bond donors (Lipinski definition) is 1. The Morgan fingerprint density at radius 1 is 0.833 bits per heavy atom. The SMILES string of the molecule is Cc1nn(-c2ccccc2)c(N2CCC(C(=O)N3CCC(C(N)=O)CC3)CC2)c1-n1c(C)ccc1C. The Morgan fingerprint density at radius 2 is 1.42 bits per heavy atom. The minimum absolute atomic E-state index is 0.0130. The van der Waals surface area contributed by atoms with Crippen LogP contribution in [0.2, 0.25) is 0 Å². The van der Waals surface area contributed by atoms with E-state index in [0.717, 1.165) is 48.8 Å². The highest BCUT2D eigenvalue weighted by atomic mass is 16.2. The average molecular weight is 489 g/mol. The van der Waals surface area contributed by atoms with Crippen molar-refractivity contribution in [2.45, 2.75) is 46.5 Å². The third kappa shape index (κ3) is 4.40. The Bertz CT molecular complexity index is 1230. The summed E-state index contributed by atoms with van der Waals surface area (Å²) in [7, 11) is 0. The molecule has 4 heterocycles. The molecule has 5 rings (SSSR count). The van der Waals surface area contributed by atoms with Gasteiger partial charge in [-0.2, -0.15) is 5.10 Å². The van der Waals surface area contributed by atoms with Crippen molar-refractivity contribution < 1.29 is 9.59 Å². The Morgan fingerprint density at radius 3 is 2.00 bits per heavy atom. The summed E-state index contributed by atoms with van der Waals surface area (Å²) in [6.07, 6.45) is 2.95. The number of nitrogens with two attached hydrogens (primary N) is 1. The van der Waals surface area contributed by atoms with Crippen LogP contribution in [0.1, 0.15) is 42.8 Å². The number of nitrogens with zero attached hydrogens (tertiary/aromatic N) is 5. The molecule has 2 amide bonds. The van der Waals surface area contributed by atoms with Gasteiger partial charge in [0.05, 0.1) is 11.4 Å². The van der Waals surface area contributed by atoms with Gasteiger partial charge in [0.1, 0.15) is 5.69 Å². The van der Waals surface area contributed by atoms with Crippen molar-refractivity contribution in [3.63, 3.8) is 0 Å². The first-order valence-electron chi connectivity index (χ1n) is 13.0. The molecule has 0 bridgehead atoms. The largest absolute Gasteiger partial charge is 0.369 e. The summed E-state index contributed by atoms with van der Waals surface area (Å²) in [5.41, 5.74) is 10.9. The van der Waals surface area contributed by atoms with Crippen molar-refractivity contribution in [1.29, 1.82) is 0 Å². The molecule has 8 heteroatoms. The first-order valence-corrected chi connectivity index (χ1v) is 13.0. The predicted octanol–water partition coefficient (Wildman–Crippen LogP) is 3.53. The number of carbonyl (C=O) groups is 2. The fourth-order valence-electron chi connectivity index (χ4n) is 5.80. The van der Waals surface area contributed by atoms with Crippen molar-refractivity contribution in [2.24, 2.45) is 17.6 Å². The molecule has 2 N–H and O–H groups in total. The maximum absolute atomic E-state index is 13.3. The van der Waals surface area contributed by atoms with Gasteiger partial charge >= 0.3 is 0 Å². The molecule has 0 atom stereocenters. The third-order valence-corrected chi connectivity index (χ3v) is 7.85. The van der Waals surface area contributed by atoms with Crippen molar-refractivity contribution in [1.82, 2.24) is 19.2 Å². The van der Waals surface area contributed by atoms with Crippen LogP contribution in [0.5, 0.6) is 0 Å². The molecule has 36 heavy (non-hydrogen) atoms. The molecular weight excluding hydrogens is 452 g/mol. The fourth-order valence-corrected chi connectivity index (χ4v) is 5.80. The van der Waals surface area contributed by atoms with Gasteiger partial charge in [0.15, 0.2) is 5.82 Å². The van der Waals surface area contributed by atoms with E-state index in [1.807, 2.05) is 23.1 Å². The van der Waals surface area contributed by atoms with Gasteiger partial charge in [0.2, 0.25) is 11.8 Å². The third-order valence-electron chi connectivity index (χ3n) is 7.85. The molecular formula is C28H36N6O2. The molecule has 0 radical (unpaired) electrons. The minimum Gasteiger partial charge on any atom is -0.369 e. The van der Waals surface area contributed by atoms with E-state index < -0.39 is 0 Å². The summed E-state index contributed by atoms with van der Waals surface area (Å²) in [6.45, 7) is 9.16. The summed E-state index contributed by atoms with van der Waals surface area (Å²) in [5, 5.41) is 4.98. The second kappa shape index (κ2) is 9.84. The Labute approximate surface area is 212 Å². The number of rotatable bonds is 5. The smallest absolute Gasteiger partial charge is 0.225 e. The van der Waals surface area contributed by atoms with Crippen LogP contribution < -0.4 is 10.6 Å². The van der Waals surface area contributed by atoms with E-state index in [0.29, 0.717) is 25.9 Å². The first-order chi connectivity index (χ1) is 17.3. The van der Waals surface area contributed by atoms with Crippen LogP contribution in [0.4, 0.5) is 5.82 Å². The lowest BCUT2D eigenvalue weighted by Crippen LogP contribution is -2.47. The lowest BCUT2D eigenvalue weighted by atomic mass is 9.92. The maximum Gasteiger partial charge on any atom is 0.225 e. The van der Waals surface area contributed by atoms with Crippen molar-refractivity contribution in [2.75, 3.05) is 31.1 Å². The van der Waals surface area contributed by atoms with Crippen molar-refractivity contribution in [3.05, 3.63) is 59.5 Å². The summed E-state index contributed by atoms with van der Waals surface area (Å²) in [4.78, 5) is 29.1. The van der Waals surface area contributed by atoms with Crippen LogP contribution in [0.15, 0.2) is 42.5 Å². The van der Waals surface area contributed by atoms with Crippen LogP contribution in [-0.4, -0.2) is 57.2 Å². The highest BCUT2D eigenvalue weighted by Crippen LogP contribution is 2.35. The van der Waals surface area contributed by atoms with Crippen molar-refractivity contribution >= 4 is 17.6 Å². The lowest BCUT2D eigenvalue weighted by Gasteiger charge is -2.37. The maximum atomic E-state index is 13.3. The molecule has 2 aliphatic rings. The van der Waals surface area contributed by atoms with E-state index >= 15 is 0 Å². The van der Waals surface area contributed by atoms with Crippen LogP contribution in [0.25, 0.3) is 11.4 Å². The highest BCUT2D eigenvalue weighted by Gasteiger charge is 2.34. The molecule has 1 aromatic carbocycles. The summed E-state index contributed by atoms with van der Waals surface area (Å²) >= 11 is 0. The Hall–Kier alpha value is -3.55. The second-order valence-electron chi connectivity index (χ2n) is 10.2. The topological polar surface area (TPSA) is 89.4 Å². The molecule has 2 aromatic heterocycles. The predicted molar refractivity (Wildman–Crippen MR) is 141 cm³/mol. The number of piperidine rings is 2. The molecule has 0 aliphatic carbocycles. The number of carbonyl (C=O) groups excluding carboxylic acids is 2. The fraction of sp³-hybridized carbons (Fsp3) is 0.464. The normalized spacial score (nSPS) is 17.5. The van der Waals surface area contributed by atoms with E-state index in [1.54, 1.807) is 0 Å². The zero-order valence-electron chi connectivity index (χ0n) is 21.5. The number of benzene rings is 1. The molecule has 190 valence electrons. The van der Waals surface area contributed by atoms with Crippen LogP contribution in [-0.2, 0) is 9.59 Å². The van der Waals surface area contributed by atoms with Gasteiger partial charge in [-0.05, 0) is 70.7 Å². The zero-order chi connectivity index (χ0) is 25.4. The van der Waals surface area contributed by atoms with Crippen LogP contribution in [0.3, 0.4) is 0 Å². The highest BCUT2D eigenvalue weighted by molar-refractivity contribution is 5.81. The number of amides is 2. The van der Waals surface area contributed by atoms with E-state index in [2.05, 4.69) is 59.2 Å². The zero-order valence-corrected chi connectivity index (χ0v) is 21.5. The number of anilines is 1. The van der Waals surface area contributed by atoms with Gasteiger partial charge in [-0.1, -0.05) is 18.2 Å². The average Bonchev–Trinajstić information content (AvgIpc) is 3.41. The monoisotopic (exact) mass is 488 g/mol. The minimum atomic E-state index is -0.246. The van der Waals surface area contributed by atoms with Crippen LogP contribution >= 0.6 is 0 Å². The number of para-hydroxylation sites is 1. The molecule has 0 saturated carbocycles. The number of aryl methyl sites for hydroxylation is 3. The van der Waals surface area contributed by atoms with E-state index in [4.69, 9.17) is 10.8 Å². The van der Waals surface area contributed by atoms with Gasteiger partial charge in [-0.3, -0.25) is 9.59 Å². The van der Waals surface area contributed by atoms with Crippen LogP contribution in [0, 0.1) is 32.6 Å². The lowest BCUT2D eigenvalue weighted by molar-refractivity contribution is -0.139. The quantitative estimate of drug-likeness (QED) is 0.595. The summed E-state index contributed by atoms with van der Waals surface area (Å²) < 4.78 is 4.34. The Kier molecular flexibility index (Phi) is 6.60. The summed E-state index contributed by atoms with van der Waals surface area (Å²) in [5.74, 6) is 0.970. The number of primary amides is 1. The van der Waals surface area contributed by atoms with Crippen molar-refractivity contribution in [3.8, 4) is 11.4 Å². The van der Waals surface area contributed by atoms with Gasteiger partial charge in [-0.15, -0.1) is 0 Å². The number of hydrogen-bond acceptors (Lipinski definition) is 4. The molecule has 8 nitrogen and oxygen atoms in total. The van der Waals surface area contributed by atoms with Gasteiger partial charge in [-0.25, -0.2) is 4.68 Å². The molecule has 2 saturated heterocycles. The molecule has 0 spiro atoms. The molecule has 2 fully saturated rings. The second-order valence-corrected chi connectivity index (χ2v) is 10.2. The van der Waals surface area contributed by atoms with E-state index in [1.165, 1.54) is 11.4 Å². The number of aromatic nitrogens is 3. The van der Waals surface area contributed by atoms with Gasteiger partial charge in [0, 0.05) is 49.4 Å². The van der Waals surface area contributed by atoms with Gasteiger partial charge in [0.25, 0.3) is 0 Å². The van der Waals surface area contributed by atoms with Gasteiger partial charge < -0.3 is 20.1 Å². The summed E-state index contributed by atoms with van der Waals surface area (Å²) in [6, 6.07) is 14.5. The standard InChI is InChI=1S/C28H36N6O2/c1-19-9-10-20(2)33(19)25-21(3)30-34(24-7-5-4-6-8-24)27(25)31-15-13-23(14-16-31)28(36)32-17-11-22(12-18-32)26(29)35/h4-10,22-23H,11-18H2,1-3H3,(H2,29,35). The molecule has 3 aromatic rings. The van der Waals surface area contributed by atoms with E-state index in [-0.39, 0.29) is 23.7 Å². The molecule has 0 unspecified atom stereocenters. The first kappa shape index (κ1) is 24.2. The number of likely N-dealkylation sites (tertiary alicyclic amines) is 1. The van der Waals surface area contributed by atoms with E-state index in [9.17, 15) is 9.59 Å².